The van der Waals surface area contributed by atoms with Crippen LogP contribution >= 0.6 is 0 Å². The van der Waals surface area contributed by atoms with Gasteiger partial charge in [-0.1, -0.05) is 0 Å². The molecule has 0 N–H and O–H groups in total. The van der Waals surface area contributed by atoms with Crippen LogP contribution in [0.3, 0.4) is 0 Å². The molecule has 0 aliphatic heterocycles. The monoisotopic (exact) mass is 242 g/mol. The molecule has 1 nitrogen and oxygen atoms in total. The third-order valence-electron chi connectivity index (χ3n) is 1.45. The SMILES string of the molecule is CCO/C=C\C[Se]c1ccccc1. The van der Waals surface area contributed by atoms with Crippen LogP contribution in [0.4, 0.5) is 0 Å². The molecule has 0 unspecified atom stereocenters. The van der Waals surface area contributed by atoms with Gasteiger partial charge in [0.05, 0.1) is 0 Å². The van der Waals surface area contributed by atoms with Gasteiger partial charge in [0.15, 0.2) is 0 Å². The minimum absolute atomic E-state index is 0.550. The molecule has 0 fully saturated rings. The Morgan fingerprint density at radius 2 is 2.08 bits per heavy atom. The zero-order valence-corrected chi connectivity index (χ0v) is 9.49. The van der Waals surface area contributed by atoms with Gasteiger partial charge in [-0.05, 0) is 0 Å². The fraction of sp³-hybridized carbons (Fsp3) is 0.273. The molecule has 0 aromatic heterocycles. The summed E-state index contributed by atoms with van der Waals surface area (Å²) in [5, 5.41) is 1.11. The molecule has 0 bridgehead atoms. The van der Waals surface area contributed by atoms with E-state index in [4.69, 9.17) is 4.74 Å². The standard InChI is InChI=1S/C11H14OSe/c1-2-12-9-6-10-13-11-7-4-3-5-8-11/h3-9H,2,10H2,1H3/b9-6-. The predicted octanol–water partition coefficient (Wildman–Crippen LogP) is 1.98. The van der Waals surface area contributed by atoms with Crippen LogP contribution in [-0.2, 0) is 4.74 Å². The molecule has 0 saturated heterocycles. The quantitative estimate of drug-likeness (QED) is 0.566. The van der Waals surface area contributed by atoms with E-state index in [0.717, 1.165) is 11.9 Å². The van der Waals surface area contributed by atoms with Crippen molar-refractivity contribution < 1.29 is 4.74 Å². The number of hydrogen-bond donors (Lipinski definition) is 0. The van der Waals surface area contributed by atoms with Crippen molar-refractivity contribution in [3.8, 4) is 0 Å². The average Bonchev–Trinajstić information content (AvgIpc) is 2.19. The molecule has 0 amide bonds. The molecule has 0 atom stereocenters. The van der Waals surface area contributed by atoms with Crippen molar-refractivity contribution in [1.82, 2.24) is 0 Å². The van der Waals surface area contributed by atoms with Gasteiger partial charge in [0, 0.05) is 0 Å². The van der Waals surface area contributed by atoms with Gasteiger partial charge in [0.2, 0.25) is 0 Å². The van der Waals surface area contributed by atoms with Crippen molar-refractivity contribution in [3.63, 3.8) is 0 Å². The van der Waals surface area contributed by atoms with Crippen LogP contribution < -0.4 is 4.46 Å². The molecular formula is C11H14OSe. The molecule has 1 aromatic rings. The molecule has 1 aromatic carbocycles. The summed E-state index contributed by atoms with van der Waals surface area (Å²) in [5.74, 6) is 0. The average molecular weight is 241 g/mol. The summed E-state index contributed by atoms with van der Waals surface area (Å²) in [4.78, 5) is 0. The molecule has 1 rings (SSSR count). The number of benzene rings is 1. The van der Waals surface area contributed by atoms with Crippen molar-refractivity contribution in [2.24, 2.45) is 0 Å². The first kappa shape index (κ1) is 10.4. The molecule has 0 spiro atoms. The second-order valence-electron chi connectivity index (χ2n) is 2.45. The van der Waals surface area contributed by atoms with Gasteiger partial charge in [-0.15, -0.1) is 0 Å². The Morgan fingerprint density at radius 1 is 1.31 bits per heavy atom. The minimum atomic E-state index is 0.550. The number of hydrogen-bond acceptors (Lipinski definition) is 1. The summed E-state index contributed by atoms with van der Waals surface area (Å²) < 4.78 is 6.54. The molecular weight excluding hydrogens is 227 g/mol. The fourth-order valence-electron chi connectivity index (χ4n) is 0.865. The van der Waals surface area contributed by atoms with Gasteiger partial charge < -0.3 is 0 Å². The van der Waals surface area contributed by atoms with Crippen molar-refractivity contribution in [1.29, 1.82) is 0 Å². The van der Waals surface area contributed by atoms with Crippen molar-refractivity contribution >= 4 is 19.4 Å². The van der Waals surface area contributed by atoms with E-state index in [2.05, 4.69) is 36.4 Å². The van der Waals surface area contributed by atoms with Gasteiger partial charge in [0.1, 0.15) is 0 Å². The van der Waals surface area contributed by atoms with E-state index in [1.807, 2.05) is 6.92 Å². The predicted molar refractivity (Wildman–Crippen MR) is 57.4 cm³/mol. The molecule has 2 heteroatoms. The van der Waals surface area contributed by atoms with E-state index >= 15 is 0 Å². The van der Waals surface area contributed by atoms with Crippen LogP contribution in [0.5, 0.6) is 0 Å². The van der Waals surface area contributed by atoms with Gasteiger partial charge in [-0.2, -0.15) is 0 Å². The maximum absolute atomic E-state index is 5.10. The van der Waals surface area contributed by atoms with E-state index in [0.29, 0.717) is 15.0 Å². The van der Waals surface area contributed by atoms with Crippen LogP contribution in [0.25, 0.3) is 0 Å². The number of rotatable bonds is 5. The molecule has 0 radical (unpaired) electrons. The number of allylic oxidation sites excluding steroid dienone is 1. The first-order chi connectivity index (χ1) is 6.43. The Morgan fingerprint density at radius 3 is 2.77 bits per heavy atom. The topological polar surface area (TPSA) is 9.23 Å². The molecule has 13 heavy (non-hydrogen) atoms. The maximum atomic E-state index is 5.10. The van der Waals surface area contributed by atoms with Crippen LogP contribution in [0.15, 0.2) is 42.7 Å². The third-order valence-corrected chi connectivity index (χ3v) is 3.47. The van der Waals surface area contributed by atoms with Gasteiger partial charge in [0.25, 0.3) is 0 Å². The Balaban J connectivity index is 2.20. The molecule has 70 valence electrons. The van der Waals surface area contributed by atoms with E-state index in [1.165, 1.54) is 4.46 Å². The Bertz CT molecular complexity index is 244. The first-order valence-electron chi connectivity index (χ1n) is 4.38. The van der Waals surface area contributed by atoms with Crippen molar-refractivity contribution in [2.45, 2.75) is 12.2 Å². The molecule has 0 heterocycles. The Labute approximate surface area is 86.0 Å². The Kier molecular flexibility index (Phi) is 5.39. The molecule has 0 aliphatic carbocycles. The Hall–Kier alpha value is -0.721. The molecule has 0 saturated carbocycles. The van der Waals surface area contributed by atoms with Crippen LogP contribution in [0.2, 0.25) is 5.32 Å². The normalized spacial score (nSPS) is 10.5. The summed E-state index contributed by atoms with van der Waals surface area (Å²) in [7, 11) is 0. The van der Waals surface area contributed by atoms with E-state index in [-0.39, 0.29) is 0 Å². The summed E-state index contributed by atoms with van der Waals surface area (Å²) >= 11 is 0.550. The van der Waals surface area contributed by atoms with E-state index in [9.17, 15) is 0 Å². The summed E-state index contributed by atoms with van der Waals surface area (Å²) in [5.41, 5.74) is 0. The van der Waals surface area contributed by atoms with Gasteiger partial charge in [-0.3, -0.25) is 0 Å². The fourth-order valence-corrected chi connectivity index (χ4v) is 2.37. The second-order valence-corrected chi connectivity index (χ2v) is 4.75. The summed E-state index contributed by atoms with van der Waals surface area (Å²) in [6.07, 6.45) is 3.89. The third kappa shape index (κ3) is 4.76. The van der Waals surface area contributed by atoms with Crippen molar-refractivity contribution in [3.05, 3.63) is 42.7 Å². The zero-order chi connectivity index (χ0) is 9.36. The summed E-state index contributed by atoms with van der Waals surface area (Å²) in [6.45, 7) is 2.75. The van der Waals surface area contributed by atoms with Crippen LogP contribution in [-0.4, -0.2) is 21.6 Å². The number of ether oxygens (including phenoxy) is 1. The second kappa shape index (κ2) is 6.76. The summed E-state index contributed by atoms with van der Waals surface area (Å²) in [6, 6.07) is 10.6. The van der Waals surface area contributed by atoms with Gasteiger partial charge in [-0.25, -0.2) is 0 Å². The first-order valence-corrected chi connectivity index (χ1v) is 6.44. The van der Waals surface area contributed by atoms with Gasteiger partial charge >= 0.3 is 85.7 Å². The van der Waals surface area contributed by atoms with Crippen LogP contribution in [0.1, 0.15) is 6.92 Å². The zero-order valence-electron chi connectivity index (χ0n) is 7.77. The van der Waals surface area contributed by atoms with Crippen molar-refractivity contribution in [2.75, 3.05) is 6.61 Å². The molecule has 0 aliphatic rings. The van der Waals surface area contributed by atoms with E-state index in [1.54, 1.807) is 6.26 Å². The van der Waals surface area contributed by atoms with Crippen LogP contribution in [0, 0.1) is 0 Å². The van der Waals surface area contributed by atoms with E-state index < -0.39 is 0 Å².